The largest absolute Gasteiger partial charge is 0.497 e. The minimum atomic E-state index is -3.76. The van der Waals surface area contributed by atoms with Crippen molar-refractivity contribution >= 4 is 21.5 Å². The summed E-state index contributed by atoms with van der Waals surface area (Å²) in [6.07, 6.45) is 0.245. The zero-order valence-corrected chi connectivity index (χ0v) is 15.0. The molecule has 1 heterocycles. The van der Waals surface area contributed by atoms with Gasteiger partial charge in [-0.15, -0.1) is 0 Å². The Labute approximate surface area is 146 Å². The Morgan fingerprint density at radius 1 is 1.12 bits per heavy atom. The van der Waals surface area contributed by atoms with Gasteiger partial charge in [0, 0.05) is 5.69 Å². The summed E-state index contributed by atoms with van der Waals surface area (Å²) in [7, 11) is -2.25. The average molecular weight is 361 g/mol. The predicted octanol–water partition coefficient (Wildman–Crippen LogP) is 3.24. The Bertz CT molecular complexity index is 917. The van der Waals surface area contributed by atoms with Gasteiger partial charge in [0.1, 0.15) is 17.1 Å². The molecule has 0 radical (unpaired) electrons. The Hall–Kier alpha value is -2.54. The van der Waals surface area contributed by atoms with E-state index >= 15 is 0 Å². The maximum absolute atomic E-state index is 12.5. The third-order valence-corrected chi connectivity index (χ3v) is 5.27. The maximum Gasteiger partial charge on any atom is 0.261 e. The molecule has 6 nitrogen and oxygen atoms in total. The van der Waals surface area contributed by atoms with Crippen LogP contribution in [-0.2, 0) is 10.0 Å². The molecule has 0 spiro atoms. The fraction of sp³-hybridized carbons (Fsp3) is 0.278. The number of hydrogen-bond acceptors (Lipinski definition) is 5. The average Bonchev–Trinajstić information content (AvgIpc) is 2.54. The minimum absolute atomic E-state index is 0.0725. The first-order chi connectivity index (χ1) is 11.7. The highest BCUT2D eigenvalue weighted by atomic mass is 32.2. The number of nitrogens with one attached hydrogen (secondary N) is 1. The van der Waals surface area contributed by atoms with Crippen molar-refractivity contribution in [2.45, 2.75) is 30.8 Å². The number of sulfonamides is 1. The van der Waals surface area contributed by atoms with E-state index in [4.69, 9.17) is 9.47 Å². The van der Waals surface area contributed by atoms with Crippen molar-refractivity contribution < 1.29 is 22.7 Å². The van der Waals surface area contributed by atoms with Crippen LogP contribution in [0.3, 0.4) is 0 Å². The van der Waals surface area contributed by atoms with Gasteiger partial charge in [-0.2, -0.15) is 0 Å². The Morgan fingerprint density at radius 2 is 1.80 bits per heavy atom. The normalized spacial score (nSPS) is 15.9. The molecule has 1 N–H and O–H groups in total. The standard InChI is InChI=1S/C18H19NO5S/c1-18(2)11-16(20)15-10-12(4-9-17(15)24-18)19-25(21,22)14-7-5-13(23-3)6-8-14/h4-10,19H,11H2,1-3H3. The summed E-state index contributed by atoms with van der Waals surface area (Å²) in [5.41, 5.74) is 0.134. The molecular formula is C18H19NO5S. The molecule has 0 saturated carbocycles. The third-order valence-electron chi connectivity index (χ3n) is 3.87. The summed E-state index contributed by atoms with van der Waals surface area (Å²) in [5, 5.41) is 0. The van der Waals surface area contributed by atoms with E-state index < -0.39 is 15.6 Å². The van der Waals surface area contributed by atoms with Crippen LogP contribution in [0.4, 0.5) is 5.69 Å². The van der Waals surface area contributed by atoms with Gasteiger partial charge in [-0.25, -0.2) is 8.42 Å². The van der Waals surface area contributed by atoms with E-state index in [-0.39, 0.29) is 17.1 Å². The quantitative estimate of drug-likeness (QED) is 0.904. The number of methoxy groups -OCH3 is 1. The van der Waals surface area contributed by atoms with E-state index in [0.717, 1.165) is 0 Å². The van der Waals surface area contributed by atoms with Crippen LogP contribution in [0.2, 0.25) is 0 Å². The van der Waals surface area contributed by atoms with Crippen molar-refractivity contribution in [3.8, 4) is 11.5 Å². The lowest BCUT2D eigenvalue weighted by Crippen LogP contribution is -2.35. The van der Waals surface area contributed by atoms with Crippen LogP contribution in [0.25, 0.3) is 0 Å². The third kappa shape index (κ3) is 3.61. The van der Waals surface area contributed by atoms with E-state index in [0.29, 0.717) is 22.7 Å². The van der Waals surface area contributed by atoms with Gasteiger partial charge in [0.25, 0.3) is 10.0 Å². The molecule has 1 aliphatic rings. The molecular weight excluding hydrogens is 342 g/mol. The van der Waals surface area contributed by atoms with E-state index in [1.54, 1.807) is 24.3 Å². The van der Waals surface area contributed by atoms with Crippen LogP contribution in [0.5, 0.6) is 11.5 Å². The fourth-order valence-corrected chi connectivity index (χ4v) is 3.73. The summed E-state index contributed by atoms with van der Waals surface area (Å²) < 4.78 is 38.3. The number of fused-ring (bicyclic) bond motifs is 1. The number of anilines is 1. The second-order valence-electron chi connectivity index (χ2n) is 6.45. The molecule has 1 aliphatic heterocycles. The summed E-state index contributed by atoms with van der Waals surface area (Å²) in [4.78, 5) is 12.4. The van der Waals surface area contributed by atoms with Crippen LogP contribution < -0.4 is 14.2 Å². The number of carbonyl (C=O) groups excluding carboxylic acids is 1. The Morgan fingerprint density at radius 3 is 2.44 bits per heavy atom. The van der Waals surface area contributed by atoms with Gasteiger partial charge in [-0.1, -0.05) is 0 Å². The van der Waals surface area contributed by atoms with Crippen molar-refractivity contribution in [3.05, 3.63) is 48.0 Å². The molecule has 0 unspecified atom stereocenters. The molecule has 2 aromatic rings. The molecule has 132 valence electrons. The number of Topliss-reactive ketones (excluding diaryl/α,β-unsaturated/α-hetero) is 1. The van der Waals surface area contributed by atoms with E-state index in [2.05, 4.69) is 4.72 Å². The molecule has 2 aromatic carbocycles. The predicted molar refractivity (Wildman–Crippen MR) is 93.9 cm³/mol. The van der Waals surface area contributed by atoms with Gasteiger partial charge >= 0.3 is 0 Å². The first-order valence-corrected chi connectivity index (χ1v) is 9.22. The van der Waals surface area contributed by atoms with Crippen molar-refractivity contribution in [1.29, 1.82) is 0 Å². The van der Waals surface area contributed by atoms with Crippen molar-refractivity contribution in [2.24, 2.45) is 0 Å². The SMILES string of the molecule is COc1ccc(S(=O)(=O)Nc2ccc3c(c2)C(=O)CC(C)(C)O3)cc1. The zero-order valence-electron chi connectivity index (χ0n) is 14.2. The zero-order chi connectivity index (χ0) is 18.2. The van der Waals surface area contributed by atoms with Gasteiger partial charge in [-0.3, -0.25) is 9.52 Å². The molecule has 0 saturated heterocycles. The number of ether oxygens (including phenoxy) is 2. The van der Waals surface area contributed by atoms with Crippen molar-refractivity contribution in [1.82, 2.24) is 0 Å². The highest BCUT2D eigenvalue weighted by Crippen LogP contribution is 2.35. The van der Waals surface area contributed by atoms with Gasteiger partial charge in [-0.05, 0) is 56.3 Å². The van der Waals surface area contributed by atoms with Crippen molar-refractivity contribution in [3.63, 3.8) is 0 Å². The molecule has 0 aliphatic carbocycles. The lowest BCUT2D eigenvalue weighted by molar-refractivity contribution is 0.0620. The molecule has 0 amide bonds. The smallest absolute Gasteiger partial charge is 0.261 e. The van der Waals surface area contributed by atoms with Crippen LogP contribution in [0.15, 0.2) is 47.4 Å². The second kappa shape index (κ2) is 6.07. The first kappa shape index (κ1) is 17.3. The fourth-order valence-electron chi connectivity index (χ4n) is 2.68. The van der Waals surface area contributed by atoms with E-state index in [1.165, 1.54) is 25.3 Å². The Balaban J connectivity index is 1.88. The molecule has 25 heavy (non-hydrogen) atoms. The molecule has 3 rings (SSSR count). The van der Waals surface area contributed by atoms with Crippen LogP contribution in [-0.4, -0.2) is 26.9 Å². The summed E-state index contributed by atoms with van der Waals surface area (Å²) in [6, 6.07) is 10.7. The van der Waals surface area contributed by atoms with Crippen LogP contribution >= 0.6 is 0 Å². The van der Waals surface area contributed by atoms with Gasteiger partial charge < -0.3 is 9.47 Å². The number of hydrogen-bond donors (Lipinski definition) is 1. The molecule has 0 fully saturated rings. The van der Waals surface area contributed by atoms with Gasteiger partial charge in [0.2, 0.25) is 0 Å². The molecule has 0 atom stereocenters. The van der Waals surface area contributed by atoms with Crippen LogP contribution in [0, 0.1) is 0 Å². The lowest BCUT2D eigenvalue weighted by atomic mass is 9.93. The lowest BCUT2D eigenvalue weighted by Gasteiger charge is -2.31. The first-order valence-electron chi connectivity index (χ1n) is 7.73. The van der Waals surface area contributed by atoms with Crippen LogP contribution in [0.1, 0.15) is 30.6 Å². The number of ketones is 1. The summed E-state index contributed by atoms with van der Waals surface area (Å²) >= 11 is 0. The second-order valence-corrected chi connectivity index (χ2v) is 8.14. The van der Waals surface area contributed by atoms with E-state index in [1.807, 2.05) is 13.8 Å². The molecule has 0 bridgehead atoms. The highest BCUT2D eigenvalue weighted by Gasteiger charge is 2.32. The monoisotopic (exact) mass is 361 g/mol. The number of rotatable bonds is 4. The van der Waals surface area contributed by atoms with Gasteiger partial charge in [0.05, 0.1) is 24.0 Å². The summed E-state index contributed by atoms with van der Waals surface area (Å²) in [6.45, 7) is 3.68. The number of benzene rings is 2. The van der Waals surface area contributed by atoms with Gasteiger partial charge in [0.15, 0.2) is 5.78 Å². The number of carbonyl (C=O) groups is 1. The van der Waals surface area contributed by atoms with E-state index in [9.17, 15) is 13.2 Å². The minimum Gasteiger partial charge on any atom is -0.497 e. The highest BCUT2D eigenvalue weighted by molar-refractivity contribution is 7.92. The maximum atomic E-state index is 12.5. The molecule has 0 aromatic heterocycles. The van der Waals surface area contributed by atoms with Crippen molar-refractivity contribution in [2.75, 3.05) is 11.8 Å². The summed E-state index contributed by atoms with van der Waals surface area (Å²) in [5.74, 6) is 0.962. The molecule has 7 heteroatoms. The topological polar surface area (TPSA) is 81.7 Å². The Kier molecular flexibility index (Phi) is 4.20.